The molecule has 1 heterocycles. The molecule has 2 aromatic rings. The summed E-state index contributed by atoms with van der Waals surface area (Å²) in [6.45, 7) is 7.28. The van der Waals surface area contributed by atoms with Crippen molar-refractivity contribution in [3.05, 3.63) is 64.6 Å². The molecule has 1 N–H and O–H groups in total. The van der Waals surface area contributed by atoms with Crippen molar-refractivity contribution in [1.82, 2.24) is 5.32 Å². The topological polar surface area (TPSA) is 64.6 Å². The zero-order valence-corrected chi connectivity index (χ0v) is 17.0. The van der Waals surface area contributed by atoms with Crippen LogP contribution in [0, 0.1) is 0 Å². The summed E-state index contributed by atoms with van der Waals surface area (Å²) >= 11 is 0.887. The van der Waals surface area contributed by atoms with Crippen LogP contribution in [0.2, 0.25) is 0 Å². The molecule has 5 nitrogen and oxygen atoms in total. The molecule has 146 valence electrons. The number of nitrogens with one attached hydrogen (secondary N) is 1. The van der Waals surface area contributed by atoms with Crippen molar-refractivity contribution in [3.63, 3.8) is 0 Å². The van der Waals surface area contributed by atoms with Crippen molar-refractivity contribution in [2.45, 2.75) is 26.2 Å². The highest BCUT2D eigenvalue weighted by molar-refractivity contribution is 8.18. The minimum Gasteiger partial charge on any atom is -0.490 e. The Bertz CT molecular complexity index is 897. The zero-order chi connectivity index (χ0) is 20.1. The van der Waals surface area contributed by atoms with Crippen molar-refractivity contribution >= 4 is 29.0 Å². The molecular formula is C22H23NO4S. The molecule has 1 saturated heterocycles. The zero-order valence-electron chi connectivity index (χ0n) is 16.2. The van der Waals surface area contributed by atoms with Gasteiger partial charge in [0.25, 0.3) is 11.1 Å². The third-order valence-corrected chi connectivity index (χ3v) is 4.99. The number of hydrogen-bond acceptors (Lipinski definition) is 5. The number of carbonyl (C=O) groups is 2. The first kappa shape index (κ1) is 20.0. The monoisotopic (exact) mass is 397 g/mol. The van der Waals surface area contributed by atoms with E-state index in [1.807, 2.05) is 36.4 Å². The smallest absolute Gasteiger partial charge is 0.290 e. The lowest BCUT2D eigenvalue weighted by Gasteiger charge is -2.19. The van der Waals surface area contributed by atoms with E-state index < -0.39 is 0 Å². The third-order valence-electron chi connectivity index (χ3n) is 4.18. The van der Waals surface area contributed by atoms with E-state index in [1.54, 1.807) is 6.08 Å². The molecule has 1 aliphatic heterocycles. The van der Waals surface area contributed by atoms with E-state index in [4.69, 9.17) is 9.47 Å². The summed E-state index contributed by atoms with van der Waals surface area (Å²) < 4.78 is 11.6. The van der Waals surface area contributed by atoms with Crippen LogP contribution in [0.3, 0.4) is 0 Å². The van der Waals surface area contributed by atoms with Crippen LogP contribution in [0.15, 0.2) is 53.4 Å². The summed E-state index contributed by atoms with van der Waals surface area (Å²) in [4.78, 5) is 23.4. The van der Waals surface area contributed by atoms with Crippen LogP contribution in [0.1, 0.15) is 31.9 Å². The van der Waals surface area contributed by atoms with E-state index >= 15 is 0 Å². The maximum absolute atomic E-state index is 11.7. The van der Waals surface area contributed by atoms with Crippen LogP contribution in [-0.2, 0) is 10.2 Å². The van der Waals surface area contributed by atoms with Gasteiger partial charge >= 0.3 is 0 Å². The highest BCUT2D eigenvalue weighted by atomic mass is 32.2. The Hall–Kier alpha value is -2.73. The lowest BCUT2D eigenvalue weighted by Crippen LogP contribution is -2.17. The summed E-state index contributed by atoms with van der Waals surface area (Å²) in [7, 11) is 0. The van der Waals surface area contributed by atoms with Crippen molar-refractivity contribution in [3.8, 4) is 11.5 Å². The van der Waals surface area contributed by atoms with E-state index in [2.05, 4.69) is 38.2 Å². The summed E-state index contributed by atoms with van der Waals surface area (Å²) in [5, 5.41) is 1.89. The molecule has 3 rings (SSSR count). The van der Waals surface area contributed by atoms with E-state index in [0.29, 0.717) is 23.9 Å². The fraction of sp³-hybridized carbons (Fsp3) is 0.273. The summed E-state index contributed by atoms with van der Waals surface area (Å²) in [6.07, 6.45) is 1.66. The van der Waals surface area contributed by atoms with Gasteiger partial charge in [-0.2, -0.15) is 0 Å². The quantitative estimate of drug-likeness (QED) is 0.562. The number of para-hydroxylation sites is 1. The predicted molar refractivity (Wildman–Crippen MR) is 112 cm³/mol. The normalized spacial score (nSPS) is 15.6. The third kappa shape index (κ3) is 5.16. The fourth-order valence-corrected chi connectivity index (χ4v) is 3.33. The van der Waals surface area contributed by atoms with Gasteiger partial charge in [-0.3, -0.25) is 14.9 Å². The number of amides is 2. The predicted octanol–water partition coefficient (Wildman–Crippen LogP) is 4.77. The van der Waals surface area contributed by atoms with E-state index in [-0.39, 0.29) is 16.6 Å². The summed E-state index contributed by atoms with van der Waals surface area (Å²) in [5.41, 5.74) is 2.11. The van der Waals surface area contributed by atoms with Gasteiger partial charge in [0.05, 0.1) is 4.91 Å². The van der Waals surface area contributed by atoms with Gasteiger partial charge in [-0.25, -0.2) is 0 Å². The molecule has 0 spiro atoms. The maximum Gasteiger partial charge on any atom is 0.290 e. The number of hydrogen-bond donors (Lipinski definition) is 1. The number of ether oxygens (including phenoxy) is 2. The van der Waals surface area contributed by atoms with Gasteiger partial charge in [-0.1, -0.05) is 51.1 Å². The van der Waals surface area contributed by atoms with Crippen molar-refractivity contribution in [2.24, 2.45) is 0 Å². The Kier molecular flexibility index (Phi) is 6.09. The highest BCUT2D eigenvalue weighted by Gasteiger charge is 2.25. The van der Waals surface area contributed by atoms with Gasteiger partial charge in [-0.15, -0.1) is 0 Å². The fourth-order valence-electron chi connectivity index (χ4n) is 2.66. The van der Waals surface area contributed by atoms with E-state index in [9.17, 15) is 9.59 Å². The van der Waals surface area contributed by atoms with Crippen LogP contribution in [-0.4, -0.2) is 24.4 Å². The summed E-state index contributed by atoms with van der Waals surface area (Å²) in [5.74, 6) is 1.05. The molecule has 0 aromatic heterocycles. The number of thioether (sulfide) groups is 1. The van der Waals surface area contributed by atoms with Crippen LogP contribution in [0.4, 0.5) is 4.79 Å². The standard InChI is InChI=1S/C22H23NO4S/c1-22(2,3)16-8-10-17(11-9-16)26-12-13-27-18-7-5-4-6-15(18)14-19-20(24)23-21(25)28-19/h4-11,14H,12-13H2,1-3H3,(H,23,24,25)/b19-14-. The van der Waals surface area contributed by atoms with Crippen molar-refractivity contribution in [2.75, 3.05) is 13.2 Å². The Morgan fingerprint density at radius 2 is 1.64 bits per heavy atom. The molecular weight excluding hydrogens is 374 g/mol. The Balaban J connectivity index is 1.56. The van der Waals surface area contributed by atoms with E-state index in [0.717, 1.165) is 23.1 Å². The van der Waals surface area contributed by atoms with E-state index in [1.165, 1.54) is 5.56 Å². The Morgan fingerprint density at radius 3 is 2.29 bits per heavy atom. The molecule has 0 aliphatic carbocycles. The first-order valence-corrected chi connectivity index (χ1v) is 9.84. The highest BCUT2D eigenvalue weighted by Crippen LogP contribution is 2.29. The second kappa shape index (κ2) is 8.52. The first-order valence-electron chi connectivity index (χ1n) is 9.03. The van der Waals surface area contributed by atoms with Crippen LogP contribution in [0.5, 0.6) is 11.5 Å². The lowest BCUT2D eigenvalue weighted by molar-refractivity contribution is -0.115. The molecule has 0 atom stereocenters. The van der Waals surface area contributed by atoms with Gasteiger partial charge in [0.2, 0.25) is 0 Å². The molecule has 0 bridgehead atoms. The van der Waals surface area contributed by atoms with Gasteiger partial charge in [0, 0.05) is 5.56 Å². The van der Waals surface area contributed by atoms with Crippen LogP contribution >= 0.6 is 11.8 Å². The SMILES string of the molecule is CC(C)(C)c1ccc(OCCOc2ccccc2/C=C2\SC(=O)NC2=O)cc1. The Labute approximate surface area is 169 Å². The second-order valence-electron chi connectivity index (χ2n) is 7.36. The van der Waals surface area contributed by atoms with Crippen LogP contribution < -0.4 is 14.8 Å². The average molecular weight is 397 g/mol. The molecule has 0 radical (unpaired) electrons. The molecule has 6 heteroatoms. The average Bonchev–Trinajstić information content (AvgIpc) is 2.96. The molecule has 0 unspecified atom stereocenters. The number of benzene rings is 2. The molecule has 2 amide bonds. The number of carbonyl (C=O) groups excluding carboxylic acids is 2. The van der Waals surface area contributed by atoms with Gasteiger partial charge in [-0.05, 0) is 47.0 Å². The lowest BCUT2D eigenvalue weighted by atomic mass is 9.87. The van der Waals surface area contributed by atoms with Crippen LogP contribution in [0.25, 0.3) is 6.08 Å². The second-order valence-corrected chi connectivity index (χ2v) is 8.38. The summed E-state index contributed by atoms with van der Waals surface area (Å²) in [6, 6.07) is 15.4. The minimum atomic E-state index is -0.383. The first-order chi connectivity index (χ1) is 13.3. The molecule has 1 aliphatic rings. The molecule has 1 fully saturated rings. The minimum absolute atomic E-state index is 0.110. The van der Waals surface area contributed by atoms with Crippen molar-refractivity contribution in [1.29, 1.82) is 0 Å². The van der Waals surface area contributed by atoms with Crippen molar-refractivity contribution < 1.29 is 19.1 Å². The number of rotatable bonds is 6. The molecule has 2 aromatic carbocycles. The number of imide groups is 1. The van der Waals surface area contributed by atoms with Gasteiger partial charge in [0.15, 0.2) is 0 Å². The Morgan fingerprint density at radius 1 is 0.964 bits per heavy atom. The van der Waals surface area contributed by atoms with Gasteiger partial charge < -0.3 is 9.47 Å². The maximum atomic E-state index is 11.7. The molecule has 28 heavy (non-hydrogen) atoms. The molecule has 0 saturated carbocycles. The largest absolute Gasteiger partial charge is 0.490 e. The van der Waals surface area contributed by atoms with Gasteiger partial charge in [0.1, 0.15) is 24.7 Å².